The lowest BCUT2D eigenvalue weighted by Gasteiger charge is -2.15. The van der Waals surface area contributed by atoms with E-state index in [9.17, 15) is 14.7 Å². The van der Waals surface area contributed by atoms with Crippen LogP contribution in [0.2, 0.25) is 0 Å². The van der Waals surface area contributed by atoms with Crippen molar-refractivity contribution in [3.8, 4) is 0 Å². The molecule has 0 saturated heterocycles. The van der Waals surface area contributed by atoms with E-state index >= 15 is 0 Å². The number of aliphatic carboxylic acids is 1. The number of nitrogens with zero attached hydrogens (tertiary/aromatic N) is 1. The molecule has 0 spiro atoms. The van der Waals surface area contributed by atoms with Gasteiger partial charge in [-0.3, -0.25) is 9.59 Å². The highest BCUT2D eigenvalue weighted by molar-refractivity contribution is 9.10. The van der Waals surface area contributed by atoms with Crippen molar-refractivity contribution in [1.82, 2.24) is 4.98 Å². The van der Waals surface area contributed by atoms with Crippen LogP contribution in [-0.2, 0) is 9.59 Å². The van der Waals surface area contributed by atoms with Crippen molar-refractivity contribution in [2.24, 2.45) is 17.8 Å². The summed E-state index contributed by atoms with van der Waals surface area (Å²) in [7, 11) is 0. The van der Waals surface area contributed by atoms with Gasteiger partial charge in [0.1, 0.15) is 5.82 Å². The Hall–Kier alpha value is -1.43. The molecule has 5 nitrogen and oxygen atoms in total. The second-order valence-electron chi connectivity index (χ2n) is 5.55. The van der Waals surface area contributed by atoms with Gasteiger partial charge in [-0.2, -0.15) is 0 Å². The molecule has 3 atom stereocenters. The maximum Gasteiger partial charge on any atom is 0.307 e. The van der Waals surface area contributed by atoms with Gasteiger partial charge in [-0.05, 0) is 53.7 Å². The lowest BCUT2D eigenvalue weighted by atomic mass is 9.95. The van der Waals surface area contributed by atoms with Crippen LogP contribution in [0.3, 0.4) is 0 Å². The molecule has 1 aromatic heterocycles. The number of amides is 1. The van der Waals surface area contributed by atoms with Crippen LogP contribution in [0, 0.1) is 24.7 Å². The molecule has 1 amide bonds. The predicted octanol–water partition coefficient (Wildman–Crippen LogP) is 3.23. The Balaban J connectivity index is 2.11. The fourth-order valence-corrected chi connectivity index (χ4v) is 3.09. The third kappa shape index (κ3) is 3.61. The number of carboxylic acids is 1. The monoisotopic (exact) mass is 354 g/mol. The van der Waals surface area contributed by atoms with Gasteiger partial charge < -0.3 is 10.4 Å². The summed E-state index contributed by atoms with van der Waals surface area (Å²) in [5.74, 6) is -1.42. The molecule has 2 rings (SSSR count). The molecule has 0 aromatic carbocycles. The van der Waals surface area contributed by atoms with E-state index < -0.39 is 17.8 Å². The normalized spacial score (nSPS) is 24.8. The minimum absolute atomic E-state index is 0.243. The number of pyridine rings is 1. The number of nitrogens with one attached hydrogen (secondary N) is 1. The van der Waals surface area contributed by atoms with E-state index in [4.69, 9.17) is 0 Å². The van der Waals surface area contributed by atoms with Crippen molar-refractivity contribution in [2.75, 3.05) is 5.32 Å². The van der Waals surface area contributed by atoms with Crippen LogP contribution < -0.4 is 5.32 Å². The number of aryl methyl sites for hydroxylation is 1. The quantitative estimate of drug-likeness (QED) is 0.869. The SMILES string of the molecule is CCC1CC(C(=O)O)C(C(=O)Nc2ccc(Br)c(C)n2)C1. The standard InChI is InChI=1S/C15H19BrN2O3/c1-3-9-6-10(11(7-9)15(20)21)14(19)18-13-5-4-12(16)8(2)17-13/h4-5,9-11H,3,6-7H2,1-2H3,(H,20,21)(H,17,18,19). The third-order valence-electron chi connectivity index (χ3n) is 4.16. The summed E-state index contributed by atoms with van der Waals surface area (Å²) >= 11 is 3.35. The summed E-state index contributed by atoms with van der Waals surface area (Å²) < 4.78 is 0.871. The maximum absolute atomic E-state index is 12.4. The van der Waals surface area contributed by atoms with Crippen molar-refractivity contribution in [3.63, 3.8) is 0 Å². The topological polar surface area (TPSA) is 79.3 Å². The first-order valence-electron chi connectivity index (χ1n) is 7.09. The fraction of sp³-hybridized carbons (Fsp3) is 0.533. The molecular formula is C15H19BrN2O3. The van der Waals surface area contributed by atoms with Crippen molar-refractivity contribution >= 4 is 33.6 Å². The van der Waals surface area contributed by atoms with Gasteiger partial charge in [0.25, 0.3) is 0 Å². The zero-order valence-electron chi connectivity index (χ0n) is 12.1. The van der Waals surface area contributed by atoms with Crippen LogP contribution in [0.15, 0.2) is 16.6 Å². The van der Waals surface area contributed by atoms with Crippen molar-refractivity contribution < 1.29 is 14.7 Å². The van der Waals surface area contributed by atoms with Gasteiger partial charge in [-0.25, -0.2) is 4.98 Å². The number of rotatable bonds is 4. The lowest BCUT2D eigenvalue weighted by molar-refractivity contribution is -0.145. The second kappa shape index (κ2) is 6.56. The highest BCUT2D eigenvalue weighted by atomic mass is 79.9. The fourth-order valence-electron chi connectivity index (χ4n) is 2.87. The van der Waals surface area contributed by atoms with Gasteiger partial charge in [-0.1, -0.05) is 13.3 Å². The summed E-state index contributed by atoms with van der Waals surface area (Å²) in [6.07, 6.45) is 2.12. The lowest BCUT2D eigenvalue weighted by Crippen LogP contribution is -2.30. The Bertz CT molecular complexity index is 562. The number of carbonyl (C=O) groups is 2. The second-order valence-corrected chi connectivity index (χ2v) is 6.40. The minimum Gasteiger partial charge on any atom is -0.481 e. The zero-order chi connectivity index (χ0) is 15.6. The molecule has 0 bridgehead atoms. The number of carboxylic acid groups (broad SMARTS) is 1. The number of anilines is 1. The van der Waals surface area contributed by atoms with E-state index in [1.165, 1.54) is 0 Å². The van der Waals surface area contributed by atoms with Gasteiger partial charge in [0, 0.05) is 4.47 Å². The zero-order valence-corrected chi connectivity index (χ0v) is 13.7. The van der Waals surface area contributed by atoms with Crippen LogP contribution >= 0.6 is 15.9 Å². The Morgan fingerprint density at radius 3 is 2.62 bits per heavy atom. The highest BCUT2D eigenvalue weighted by Gasteiger charge is 2.42. The molecule has 2 N–H and O–H groups in total. The summed E-state index contributed by atoms with van der Waals surface area (Å²) in [4.78, 5) is 28.0. The van der Waals surface area contributed by atoms with Gasteiger partial charge in [0.05, 0.1) is 17.5 Å². The van der Waals surface area contributed by atoms with E-state index in [1.807, 2.05) is 19.9 Å². The number of hydrogen-bond acceptors (Lipinski definition) is 3. The number of halogens is 1. The molecule has 1 fully saturated rings. The van der Waals surface area contributed by atoms with E-state index in [-0.39, 0.29) is 5.91 Å². The minimum atomic E-state index is -0.883. The largest absolute Gasteiger partial charge is 0.481 e. The molecule has 0 aliphatic heterocycles. The van der Waals surface area contributed by atoms with Crippen molar-refractivity contribution in [2.45, 2.75) is 33.1 Å². The van der Waals surface area contributed by atoms with Crippen LogP contribution in [0.5, 0.6) is 0 Å². The molecule has 1 aliphatic rings. The molecule has 3 unspecified atom stereocenters. The van der Waals surface area contributed by atoms with E-state index in [0.29, 0.717) is 24.6 Å². The van der Waals surface area contributed by atoms with E-state index in [2.05, 4.69) is 26.2 Å². The average Bonchev–Trinajstić information content (AvgIpc) is 2.87. The van der Waals surface area contributed by atoms with Crippen LogP contribution in [0.25, 0.3) is 0 Å². The molecule has 1 aromatic rings. The first kappa shape index (κ1) is 15.9. The molecule has 114 valence electrons. The Morgan fingerprint density at radius 2 is 2.05 bits per heavy atom. The molecular weight excluding hydrogens is 336 g/mol. The predicted molar refractivity (Wildman–Crippen MR) is 82.9 cm³/mol. The first-order valence-corrected chi connectivity index (χ1v) is 7.88. The Kier molecular flexibility index (Phi) is 4.98. The summed E-state index contributed by atoms with van der Waals surface area (Å²) in [5.41, 5.74) is 0.778. The molecule has 0 radical (unpaired) electrons. The summed E-state index contributed by atoms with van der Waals surface area (Å²) in [6.45, 7) is 3.87. The van der Waals surface area contributed by atoms with Crippen LogP contribution in [0.4, 0.5) is 5.82 Å². The number of carbonyl (C=O) groups excluding carboxylic acids is 1. The summed E-state index contributed by atoms with van der Waals surface area (Å²) in [6, 6.07) is 3.52. The highest BCUT2D eigenvalue weighted by Crippen LogP contribution is 2.39. The maximum atomic E-state index is 12.4. The van der Waals surface area contributed by atoms with Gasteiger partial charge in [-0.15, -0.1) is 0 Å². The third-order valence-corrected chi connectivity index (χ3v) is 5.00. The Morgan fingerprint density at radius 1 is 1.38 bits per heavy atom. The first-order chi connectivity index (χ1) is 9.92. The number of hydrogen-bond donors (Lipinski definition) is 2. The van der Waals surface area contributed by atoms with Crippen molar-refractivity contribution in [1.29, 1.82) is 0 Å². The van der Waals surface area contributed by atoms with E-state index in [0.717, 1.165) is 16.6 Å². The van der Waals surface area contributed by atoms with Gasteiger partial charge >= 0.3 is 5.97 Å². The summed E-state index contributed by atoms with van der Waals surface area (Å²) in [5, 5.41) is 12.0. The molecule has 21 heavy (non-hydrogen) atoms. The van der Waals surface area contributed by atoms with Gasteiger partial charge in [0.15, 0.2) is 0 Å². The molecule has 1 aliphatic carbocycles. The van der Waals surface area contributed by atoms with Gasteiger partial charge in [0.2, 0.25) is 5.91 Å². The molecule has 1 saturated carbocycles. The average molecular weight is 355 g/mol. The van der Waals surface area contributed by atoms with Crippen LogP contribution in [0.1, 0.15) is 31.9 Å². The Labute approximate surface area is 132 Å². The van der Waals surface area contributed by atoms with Crippen molar-refractivity contribution in [3.05, 3.63) is 22.3 Å². The van der Waals surface area contributed by atoms with E-state index in [1.54, 1.807) is 6.07 Å². The smallest absolute Gasteiger partial charge is 0.307 e. The van der Waals surface area contributed by atoms with Crippen LogP contribution in [-0.4, -0.2) is 22.0 Å². The number of aromatic nitrogens is 1. The molecule has 1 heterocycles. The molecule has 6 heteroatoms.